The van der Waals surface area contributed by atoms with Gasteiger partial charge in [-0.25, -0.2) is 4.98 Å². The molecule has 4 saturated carbocycles. The Morgan fingerprint density at radius 1 is 0.955 bits per heavy atom. The van der Waals surface area contributed by atoms with E-state index in [1.54, 1.807) is 12.1 Å². The topological polar surface area (TPSA) is 93.1 Å². The minimum absolute atomic E-state index is 0.0297. The van der Waals surface area contributed by atoms with E-state index in [2.05, 4.69) is 29.5 Å². The number of aryl methyl sites for hydroxylation is 1. The highest BCUT2D eigenvalue weighted by Crippen LogP contribution is 2.66. The maximum Gasteiger partial charge on any atom is 0.449 e. The number of benzene rings is 1. The average molecular weight is 615 g/mol. The van der Waals surface area contributed by atoms with Crippen LogP contribution in [0.1, 0.15) is 121 Å². The van der Waals surface area contributed by atoms with Gasteiger partial charge in [0.1, 0.15) is 6.04 Å². The van der Waals surface area contributed by atoms with Crippen molar-refractivity contribution in [2.24, 2.45) is 16.7 Å². The van der Waals surface area contributed by atoms with Crippen molar-refractivity contribution in [3.05, 3.63) is 39.9 Å². The van der Waals surface area contributed by atoms with E-state index in [0.717, 1.165) is 51.0 Å². The fourth-order valence-corrected chi connectivity index (χ4v) is 10.1. The van der Waals surface area contributed by atoms with E-state index in [-0.39, 0.29) is 23.7 Å². The van der Waals surface area contributed by atoms with Crippen LogP contribution in [0.2, 0.25) is 0 Å². The van der Waals surface area contributed by atoms with Crippen molar-refractivity contribution in [2.45, 2.75) is 128 Å². The van der Waals surface area contributed by atoms with Gasteiger partial charge in [0.25, 0.3) is 5.56 Å². The van der Waals surface area contributed by atoms with Crippen LogP contribution in [0, 0.1) is 16.7 Å². The van der Waals surface area contributed by atoms with Gasteiger partial charge < -0.3 is 5.32 Å². The summed E-state index contributed by atoms with van der Waals surface area (Å²) in [5.74, 6) is -2.00. The summed E-state index contributed by atoms with van der Waals surface area (Å²) in [4.78, 5) is 41.5. The molecule has 5 fully saturated rings. The Labute approximate surface area is 256 Å². The van der Waals surface area contributed by atoms with Crippen molar-refractivity contribution in [3.63, 3.8) is 0 Å². The molecule has 0 spiro atoms. The van der Waals surface area contributed by atoms with Crippen molar-refractivity contribution in [2.75, 3.05) is 6.54 Å². The van der Waals surface area contributed by atoms with E-state index < -0.39 is 35.4 Å². The molecular weight excluding hydrogens is 569 g/mol. The monoisotopic (exact) mass is 614 g/mol. The highest BCUT2D eigenvalue weighted by atomic mass is 19.4. The van der Waals surface area contributed by atoms with Crippen molar-refractivity contribution < 1.29 is 22.8 Å². The van der Waals surface area contributed by atoms with Crippen LogP contribution in [0.4, 0.5) is 13.2 Å². The van der Waals surface area contributed by atoms with Gasteiger partial charge in [-0.05, 0) is 99.1 Å². The summed E-state index contributed by atoms with van der Waals surface area (Å²) < 4.78 is 42.4. The Morgan fingerprint density at radius 3 is 2.30 bits per heavy atom. The van der Waals surface area contributed by atoms with Crippen LogP contribution in [-0.2, 0) is 22.2 Å². The van der Waals surface area contributed by atoms with Gasteiger partial charge in [-0.15, -0.1) is 0 Å². The number of hydrogen-bond donors (Lipinski definition) is 2. The lowest BCUT2D eigenvalue weighted by Crippen LogP contribution is -2.64. The molecule has 1 saturated heterocycles. The van der Waals surface area contributed by atoms with Crippen molar-refractivity contribution in [3.8, 4) is 0 Å². The van der Waals surface area contributed by atoms with E-state index in [9.17, 15) is 27.6 Å². The number of fused-ring (bicyclic) bond motifs is 1. The Hall–Kier alpha value is -2.75. The molecule has 240 valence electrons. The van der Waals surface area contributed by atoms with Crippen LogP contribution < -0.4 is 16.2 Å². The molecule has 0 radical (unpaired) electrons. The molecule has 2 heterocycles. The van der Waals surface area contributed by atoms with Crippen LogP contribution in [0.15, 0.2) is 23.0 Å². The number of halogens is 3. The fraction of sp³-hybridized carbons (Fsp3) is 0.706. The maximum absolute atomic E-state index is 14.0. The van der Waals surface area contributed by atoms with Gasteiger partial charge in [-0.2, -0.15) is 13.2 Å². The van der Waals surface area contributed by atoms with Crippen molar-refractivity contribution in [1.82, 2.24) is 20.2 Å². The molecule has 1 aliphatic heterocycles. The third kappa shape index (κ3) is 6.20. The summed E-state index contributed by atoms with van der Waals surface area (Å²) in [7, 11) is 0. The second-order valence-electron chi connectivity index (χ2n) is 15.1. The Balaban J connectivity index is 1.02. The third-order valence-corrected chi connectivity index (χ3v) is 10.8. The Bertz CT molecular complexity index is 1480. The molecule has 10 heteroatoms. The normalized spacial score (nSPS) is 31.6. The molecule has 7 nitrogen and oxygen atoms in total. The first-order valence-electron chi connectivity index (χ1n) is 16.5. The fourth-order valence-electron chi connectivity index (χ4n) is 10.1. The number of aromatic nitrogens is 2. The van der Waals surface area contributed by atoms with Gasteiger partial charge >= 0.3 is 6.18 Å². The number of carbonyl (C=O) groups excluding carboxylic acids is 2. The van der Waals surface area contributed by atoms with E-state index in [4.69, 9.17) is 0 Å². The number of nitrogens with zero attached hydrogens (tertiary/aromatic N) is 2. The molecular formula is C34H45F3N4O3. The van der Waals surface area contributed by atoms with Gasteiger partial charge in [0.15, 0.2) is 0 Å². The average Bonchev–Trinajstić information content (AvgIpc) is 2.90. The number of rotatable bonds is 11. The zero-order valence-corrected chi connectivity index (χ0v) is 26.0. The molecule has 4 aliphatic carbocycles. The van der Waals surface area contributed by atoms with Crippen LogP contribution >= 0.6 is 0 Å². The number of nitrogens with one attached hydrogen (secondary N) is 2. The smallest absolute Gasteiger partial charge is 0.311 e. The molecule has 4 bridgehead atoms. The molecule has 1 aromatic heterocycles. The van der Waals surface area contributed by atoms with Gasteiger partial charge in [-0.3, -0.25) is 24.3 Å². The number of alkyl halides is 3. The summed E-state index contributed by atoms with van der Waals surface area (Å²) in [6, 6.07) is 3.34. The van der Waals surface area contributed by atoms with Crippen molar-refractivity contribution >= 4 is 22.7 Å². The molecule has 2 amide bonds. The highest BCUT2D eigenvalue weighted by molar-refractivity contribution is 5.99. The molecule has 5 atom stereocenters. The number of unbranched alkanes of at least 4 members (excludes halogenated alkanes) is 5. The predicted molar refractivity (Wildman–Crippen MR) is 162 cm³/mol. The second-order valence-corrected chi connectivity index (χ2v) is 15.1. The van der Waals surface area contributed by atoms with Crippen LogP contribution in [0.25, 0.3) is 10.9 Å². The Kier molecular flexibility index (Phi) is 8.21. The molecule has 2 unspecified atom stereocenters. The number of piperidine rings is 1. The number of amides is 2. The first-order valence-corrected chi connectivity index (χ1v) is 16.5. The third-order valence-electron chi connectivity index (χ3n) is 10.8. The Morgan fingerprint density at radius 2 is 1.64 bits per heavy atom. The number of imide groups is 1. The minimum Gasteiger partial charge on any atom is -0.311 e. The minimum atomic E-state index is -4.94. The lowest BCUT2D eigenvalue weighted by molar-refractivity contribution is -0.150. The SMILES string of the molecule is C[C@]12CC3CC(NCCCCCCCCc4cccc5nc(C(F)(F)F)n([C@H]6CCC(=O)NC6=O)c(=O)c45)(C1)C[C@@](C)(C3)C2. The number of carbonyl (C=O) groups is 2. The largest absolute Gasteiger partial charge is 0.449 e. The van der Waals surface area contributed by atoms with Crippen LogP contribution in [-0.4, -0.2) is 33.4 Å². The van der Waals surface area contributed by atoms with Crippen LogP contribution in [0.5, 0.6) is 0 Å². The van der Waals surface area contributed by atoms with Gasteiger partial charge in [0.2, 0.25) is 17.6 Å². The van der Waals surface area contributed by atoms with E-state index in [1.165, 1.54) is 44.6 Å². The first kappa shape index (κ1) is 31.2. The second kappa shape index (κ2) is 11.6. The highest BCUT2D eigenvalue weighted by Gasteiger charge is 2.59. The molecule has 7 rings (SSSR count). The van der Waals surface area contributed by atoms with Gasteiger partial charge in [-0.1, -0.05) is 51.7 Å². The van der Waals surface area contributed by atoms with E-state index in [1.807, 2.05) is 0 Å². The first-order chi connectivity index (χ1) is 20.8. The summed E-state index contributed by atoms with van der Waals surface area (Å²) in [6.45, 7) is 6.09. The maximum atomic E-state index is 14.0. The number of hydrogen-bond acceptors (Lipinski definition) is 5. The molecule has 2 N–H and O–H groups in total. The van der Waals surface area contributed by atoms with Crippen molar-refractivity contribution in [1.29, 1.82) is 0 Å². The lowest BCUT2D eigenvalue weighted by Gasteiger charge is -2.65. The quantitative estimate of drug-likeness (QED) is 0.219. The summed E-state index contributed by atoms with van der Waals surface area (Å²) in [6.07, 6.45) is 9.75. The van der Waals surface area contributed by atoms with Gasteiger partial charge in [0.05, 0.1) is 10.9 Å². The van der Waals surface area contributed by atoms with E-state index >= 15 is 0 Å². The van der Waals surface area contributed by atoms with Crippen LogP contribution in [0.3, 0.4) is 0 Å². The lowest BCUT2D eigenvalue weighted by atomic mass is 9.43. The summed E-state index contributed by atoms with van der Waals surface area (Å²) in [5.41, 5.74) is 1.09. The zero-order valence-electron chi connectivity index (χ0n) is 26.0. The van der Waals surface area contributed by atoms with Gasteiger partial charge in [0, 0.05) is 12.0 Å². The predicted octanol–water partition coefficient (Wildman–Crippen LogP) is 6.61. The standard InChI is InChI=1S/C34H45F3N4O3/c1-31-16-22-17-32(2,19-31)21-33(18-22,20-31)38-15-8-6-4-3-5-7-10-23-11-9-12-24-27(23)29(44)41(30(39-24)34(35,36)37)25-13-14-26(42)40-28(25)43/h9,11-12,22,25,38H,3-8,10,13-21H2,1-2H3,(H,40,42,43)/t22?,25-,31-,32+,33?/m0/s1. The molecule has 44 heavy (non-hydrogen) atoms. The van der Waals surface area contributed by atoms with E-state index in [0.29, 0.717) is 32.9 Å². The summed E-state index contributed by atoms with van der Waals surface area (Å²) in [5, 5.41) is 6.19. The molecule has 1 aromatic carbocycles. The summed E-state index contributed by atoms with van der Waals surface area (Å²) >= 11 is 0. The molecule has 2 aromatic rings. The molecule has 5 aliphatic rings. The zero-order chi connectivity index (χ0) is 31.3.